The highest BCUT2D eigenvalue weighted by molar-refractivity contribution is 6.67. The van der Waals surface area contributed by atoms with Crippen molar-refractivity contribution in [2.75, 3.05) is 6.54 Å². The molecular weight excluding hydrogens is 320 g/mol. The molecule has 4 nitrogen and oxygen atoms in total. The molecule has 0 aliphatic heterocycles. The van der Waals surface area contributed by atoms with Gasteiger partial charge in [-0.05, 0) is 42.2 Å². The number of nitrogens with two attached hydrogens (primary N) is 1. The van der Waals surface area contributed by atoms with Crippen LogP contribution in [0.1, 0.15) is 44.2 Å². The van der Waals surface area contributed by atoms with E-state index in [2.05, 4.69) is 41.8 Å². The molecule has 0 saturated carbocycles. The maximum Gasteiger partial charge on any atom is 0.122 e. The molecule has 1 aromatic carbocycles. The van der Waals surface area contributed by atoms with Gasteiger partial charge in [-0.3, -0.25) is 5.41 Å². The zero-order valence-corrected chi connectivity index (χ0v) is 15.4. The molecule has 5 N–H and O–H groups in total. The Morgan fingerprint density at radius 3 is 2.33 bits per heavy atom. The van der Waals surface area contributed by atoms with Crippen molar-refractivity contribution >= 4 is 16.8 Å². The Bertz CT molecular complexity index is 561. The molecule has 0 spiro atoms. The van der Waals surface area contributed by atoms with Crippen molar-refractivity contribution in [1.82, 2.24) is 10.6 Å². The summed E-state index contributed by atoms with van der Waals surface area (Å²) in [6.45, 7) is 6.94. The molecule has 0 radical (unpaired) electrons. The van der Waals surface area contributed by atoms with Crippen molar-refractivity contribution in [2.45, 2.75) is 46.2 Å². The lowest BCUT2D eigenvalue weighted by atomic mass is 10.1. The van der Waals surface area contributed by atoms with Crippen molar-refractivity contribution in [3.05, 3.63) is 58.9 Å². The molecule has 1 rings (SSSR count). The van der Waals surface area contributed by atoms with Gasteiger partial charge in [-0.25, -0.2) is 0 Å². The minimum absolute atomic E-state index is 0.0602. The zero-order chi connectivity index (χ0) is 17.8. The van der Waals surface area contributed by atoms with Crippen LogP contribution >= 0.6 is 11.6 Å². The van der Waals surface area contributed by atoms with Gasteiger partial charge in [0, 0.05) is 25.0 Å². The van der Waals surface area contributed by atoms with Gasteiger partial charge < -0.3 is 16.4 Å². The van der Waals surface area contributed by atoms with Crippen LogP contribution in [0.3, 0.4) is 0 Å². The number of unbranched alkanes of at least 4 members (excludes halogenated alkanes) is 1. The van der Waals surface area contributed by atoms with Crippen LogP contribution in [0, 0.1) is 5.41 Å². The van der Waals surface area contributed by atoms with Crippen LogP contribution < -0.4 is 16.4 Å². The van der Waals surface area contributed by atoms with E-state index in [1.807, 2.05) is 13.1 Å². The lowest BCUT2D eigenvalue weighted by molar-refractivity contribution is 0.641. The summed E-state index contributed by atoms with van der Waals surface area (Å²) in [6, 6.07) is 8.58. The van der Waals surface area contributed by atoms with E-state index in [0.29, 0.717) is 5.70 Å². The van der Waals surface area contributed by atoms with E-state index in [4.69, 9.17) is 22.7 Å². The number of benzene rings is 1. The molecule has 0 fully saturated rings. The summed E-state index contributed by atoms with van der Waals surface area (Å²) in [5, 5.41) is 13.9. The quantitative estimate of drug-likeness (QED) is 0.277. The van der Waals surface area contributed by atoms with E-state index in [-0.39, 0.29) is 5.17 Å². The molecule has 0 saturated heterocycles. The Labute approximate surface area is 150 Å². The molecule has 24 heavy (non-hydrogen) atoms. The number of hydrogen-bond acceptors (Lipinski definition) is 4. The highest BCUT2D eigenvalue weighted by Gasteiger charge is 2.00. The number of nitrogens with one attached hydrogen (secondary N) is 3. The molecule has 0 heterocycles. The molecule has 132 valence electrons. The summed E-state index contributed by atoms with van der Waals surface area (Å²) in [7, 11) is 0. The Hall–Kier alpha value is -1.78. The third-order valence-electron chi connectivity index (χ3n) is 3.68. The summed E-state index contributed by atoms with van der Waals surface area (Å²) < 4.78 is 0. The highest BCUT2D eigenvalue weighted by Crippen LogP contribution is 2.09. The second kappa shape index (κ2) is 11.7. The lowest BCUT2D eigenvalue weighted by Crippen LogP contribution is -2.14. The Balaban J connectivity index is 2.49. The third kappa shape index (κ3) is 8.18. The zero-order valence-electron chi connectivity index (χ0n) is 14.7. The van der Waals surface area contributed by atoms with Gasteiger partial charge in [0.05, 0.1) is 0 Å². The molecule has 5 heteroatoms. The lowest BCUT2D eigenvalue weighted by Gasteiger charge is -2.08. The maximum atomic E-state index is 7.25. The Morgan fingerprint density at radius 2 is 1.79 bits per heavy atom. The fraction of sp³-hybridized carbons (Fsp3) is 0.421. The first kappa shape index (κ1) is 20.3. The molecule has 0 aliphatic carbocycles. The van der Waals surface area contributed by atoms with Crippen molar-refractivity contribution in [2.24, 2.45) is 5.73 Å². The van der Waals surface area contributed by atoms with Gasteiger partial charge in [0.15, 0.2) is 0 Å². The van der Waals surface area contributed by atoms with Gasteiger partial charge in [0.25, 0.3) is 0 Å². The third-order valence-corrected chi connectivity index (χ3v) is 3.78. The Kier molecular flexibility index (Phi) is 9.89. The highest BCUT2D eigenvalue weighted by atomic mass is 35.5. The monoisotopic (exact) mass is 348 g/mol. The van der Waals surface area contributed by atoms with Crippen LogP contribution in [0.2, 0.25) is 0 Å². The van der Waals surface area contributed by atoms with E-state index in [1.165, 1.54) is 30.0 Å². The molecule has 0 aromatic heterocycles. The molecular formula is C19H29ClN4. The molecule has 0 aliphatic rings. The standard InChI is InChI=1S/C19H29ClN4/c1-3-5-10-23-12-15-6-8-16(9-7-15)13-24-14-17(4-2)18(21)11-19(20)22/h6-9,11,14,22-24H,3-5,10,12-13,21H2,1-2H3/b17-14+,18-11+,22-19?. The SMILES string of the molecule is CCCCNCc1ccc(CN/C=C(CC)/C(N)=C\C(=N)Cl)cc1. The topological polar surface area (TPSA) is 73.9 Å². The number of rotatable bonds is 11. The normalized spacial score (nSPS) is 12.3. The van der Waals surface area contributed by atoms with Crippen LogP contribution in [0.25, 0.3) is 0 Å². The second-order valence-corrected chi connectivity index (χ2v) is 6.11. The molecule has 1 aromatic rings. The first-order chi connectivity index (χ1) is 11.6. The van der Waals surface area contributed by atoms with Gasteiger partial charge >= 0.3 is 0 Å². The van der Waals surface area contributed by atoms with Gasteiger partial charge in [0.2, 0.25) is 0 Å². The predicted octanol–water partition coefficient (Wildman–Crippen LogP) is 4.02. The van der Waals surface area contributed by atoms with E-state index in [1.54, 1.807) is 0 Å². The van der Waals surface area contributed by atoms with Crippen LogP contribution in [-0.2, 0) is 13.1 Å². The van der Waals surface area contributed by atoms with Gasteiger partial charge in [-0.15, -0.1) is 0 Å². The van der Waals surface area contributed by atoms with Crippen molar-refractivity contribution in [1.29, 1.82) is 5.41 Å². The molecule has 0 unspecified atom stereocenters. The first-order valence-electron chi connectivity index (χ1n) is 8.49. The average molecular weight is 349 g/mol. The average Bonchev–Trinajstić information content (AvgIpc) is 2.56. The molecule has 0 atom stereocenters. The number of hydrogen-bond donors (Lipinski definition) is 4. The van der Waals surface area contributed by atoms with Crippen LogP contribution in [0.4, 0.5) is 0 Å². The first-order valence-corrected chi connectivity index (χ1v) is 8.87. The summed E-state index contributed by atoms with van der Waals surface area (Å²) in [6.07, 6.45) is 6.57. The largest absolute Gasteiger partial charge is 0.398 e. The summed E-state index contributed by atoms with van der Waals surface area (Å²) in [5.41, 5.74) is 9.90. The van der Waals surface area contributed by atoms with Crippen LogP contribution in [-0.4, -0.2) is 11.7 Å². The summed E-state index contributed by atoms with van der Waals surface area (Å²) in [5.74, 6) is 0. The van der Waals surface area contributed by atoms with Crippen molar-refractivity contribution in [3.63, 3.8) is 0 Å². The van der Waals surface area contributed by atoms with Gasteiger partial charge in [-0.2, -0.15) is 0 Å². The number of halogens is 1. The van der Waals surface area contributed by atoms with Crippen molar-refractivity contribution < 1.29 is 0 Å². The smallest absolute Gasteiger partial charge is 0.122 e. The summed E-state index contributed by atoms with van der Waals surface area (Å²) in [4.78, 5) is 0. The van der Waals surface area contributed by atoms with Crippen LogP contribution in [0.15, 0.2) is 47.8 Å². The van der Waals surface area contributed by atoms with E-state index in [0.717, 1.165) is 31.6 Å². The minimum atomic E-state index is -0.0602. The predicted molar refractivity (Wildman–Crippen MR) is 104 cm³/mol. The van der Waals surface area contributed by atoms with Gasteiger partial charge in [-0.1, -0.05) is 56.1 Å². The van der Waals surface area contributed by atoms with Crippen LogP contribution in [0.5, 0.6) is 0 Å². The van der Waals surface area contributed by atoms with E-state index in [9.17, 15) is 0 Å². The van der Waals surface area contributed by atoms with E-state index < -0.39 is 0 Å². The number of allylic oxidation sites excluding steroid dienone is 2. The second-order valence-electron chi connectivity index (χ2n) is 5.70. The summed E-state index contributed by atoms with van der Waals surface area (Å²) >= 11 is 5.55. The minimum Gasteiger partial charge on any atom is -0.398 e. The molecule has 0 bridgehead atoms. The maximum absolute atomic E-state index is 7.25. The van der Waals surface area contributed by atoms with Crippen molar-refractivity contribution in [3.8, 4) is 0 Å². The fourth-order valence-electron chi connectivity index (χ4n) is 2.22. The molecule has 0 amide bonds. The van der Waals surface area contributed by atoms with E-state index >= 15 is 0 Å². The Morgan fingerprint density at radius 1 is 1.17 bits per heavy atom. The fourth-order valence-corrected chi connectivity index (χ4v) is 2.34. The van der Waals surface area contributed by atoms with Gasteiger partial charge in [0.1, 0.15) is 5.17 Å².